The van der Waals surface area contributed by atoms with E-state index < -0.39 is 0 Å². The van der Waals surface area contributed by atoms with Crippen LogP contribution in [0.5, 0.6) is 0 Å². The van der Waals surface area contributed by atoms with Crippen LogP contribution >= 0.6 is 23.5 Å². The molecule has 1 saturated heterocycles. The fourth-order valence-corrected chi connectivity index (χ4v) is 2.87. The average molecular weight is 319 g/mol. The number of hydrogen-bond acceptors (Lipinski definition) is 6. The van der Waals surface area contributed by atoms with E-state index in [0.29, 0.717) is 6.54 Å². The molecule has 0 atom stereocenters. The molecule has 9 heteroatoms. The normalized spacial score (nSPS) is 14.6. The lowest BCUT2D eigenvalue weighted by Gasteiger charge is -2.12. The SMILES string of the molecule is CCNC(=O)CSCC(=O)NCCN1C(=O)CSC1=O. The predicted octanol–water partition coefficient (Wildman–Crippen LogP) is -0.333. The maximum absolute atomic E-state index is 11.5. The molecule has 0 aromatic rings. The molecule has 4 amide bonds. The van der Waals surface area contributed by atoms with Crippen LogP contribution in [0.2, 0.25) is 0 Å². The fourth-order valence-electron chi connectivity index (χ4n) is 1.44. The molecule has 1 aliphatic heterocycles. The molecule has 0 unspecified atom stereocenters. The van der Waals surface area contributed by atoms with Gasteiger partial charge in [0.1, 0.15) is 0 Å². The van der Waals surface area contributed by atoms with Crippen LogP contribution in [0.25, 0.3) is 0 Å². The lowest BCUT2D eigenvalue weighted by Crippen LogP contribution is -2.38. The van der Waals surface area contributed by atoms with Crippen molar-refractivity contribution in [3.05, 3.63) is 0 Å². The summed E-state index contributed by atoms with van der Waals surface area (Å²) in [6.45, 7) is 2.83. The second-order valence-corrected chi connectivity index (χ2v) is 5.81. The Labute approximate surface area is 125 Å². The van der Waals surface area contributed by atoms with Crippen molar-refractivity contribution in [2.45, 2.75) is 6.92 Å². The highest BCUT2D eigenvalue weighted by atomic mass is 32.2. The summed E-state index contributed by atoms with van der Waals surface area (Å²) >= 11 is 2.19. The molecule has 0 radical (unpaired) electrons. The maximum atomic E-state index is 11.5. The van der Waals surface area contributed by atoms with Gasteiger partial charge in [-0.3, -0.25) is 24.1 Å². The standard InChI is InChI=1S/C11H17N3O4S2/c1-2-12-8(15)5-19-6-9(16)13-3-4-14-10(17)7-20-11(14)18/h2-7H2,1H3,(H,12,15)(H,13,16). The molecular weight excluding hydrogens is 302 g/mol. The van der Waals surface area contributed by atoms with E-state index in [-0.39, 0.29) is 53.3 Å². The van der Waals surface area contributed by atoms with Gasteiger partial charge in [-0.2, -0.15) is 0 Å². The van der Waals surface area contributed by atoms with E-state index in [1.54, 1.807) is 0 Å². The molecule has 0 aliphatic carbocycles. The van der Waals surface area contributed by atoms with E-state index in [0.717, 1.165) is 16.7 Å². The molecule has 0 saturated carbocycles. The number of nitrogens with zero attached hydrogens (tertiary/aromatic N) is 1. The highest BCUT2D eigenvalue weighted by Gasteiger charge is 2.29. The Morgan fingerprint density at radius 2 is 1.90 bits per heavy atom. The number of imide groups is 1. The summed E-state index contributed by atoms with van der Waals surface area (Å²) in [4.78, 5) is 46.3. The summed E-state index contributed by atoms with van der Waals surface area (Å²) in [6.07, 6.45) is 0. The zero-order valence-corrected chi connectivity index (χ0v) is 12.8. The lowest BCUT2D eigenvalue weighted by molar-refractivity contribution is -0.125. The third-order valence-corrected chi connectivity index (χ3v) is 4.13. The van der Waals surface area contributed by atoms with Crippen molar-refractivity contribution in [3.8, 4) is 0 Å². The number of thioether (sulfide) groups is 2. The van der Waals surface area contributed by atoms with E-state index in [4.69, 9.17) is 0 Å². The first kappa shape index (κ1) is 16.8. The predicted molar refractivity (Wildman–Crippen MR) is 78.6 cm³/mol. The van der Waals surface area contributed by atoms with Gasteiger partial charge in [0.25, 0.3) is 5.24 Å². The molecule has 1 rings (SSSR count). The van der Waals surface area contributed by atoms with Crippen molar-refractivity contribution in [1.82, 2.24) is 15.5 Å². The highest BCUT2D eigenvalue weighted by molar-refractivity contribution is 8.14. The molecule has 1 fully saturated rings. The second-order valence-electron chi connectivity index (χ2n) is 3.90. The molecule has 0 bridgehead atoms. The highest BCUT2D eigenvalue weighted by Crippen LogP contribution is 2.17. The summed E-state index contributed by atoms with van der Waals surface area (Å²) in [5.74, 6) is 0.0470. The van der Waals surface area contributed by atoms with Crippen molar-refractivity contribution in [3.63, 3.8) is 0 Å². The molecule has 7 nitrogen and oxygen atoms in total. The van der Waals surface area contributed by atoms with Gasteiger partial charge < -0.3 is 10.6 Å². The molecule has 0 spiro atoms. The minimum Gasteiger partial charge on any atom is -0.356 e. The zero-order valence-electron chi connectivity index (χ0n) is 11.1. The molecule has 2 N–H and O–H groups in total. The quantitative estimate of drug-likeness (QED) is 0.636. The Hall–Kier alpha value is -1.22. The van der Waals surface area contributed by atoms with Crippen LogP contribution in [0.4, 0.5) is 4.79 Å². The summed E-state index contributed by atoms with van der Waals surface area (Å²) in [6, 6.07) is 0. The first-order chi connectivity index (χ1) is 9.54. The van der Waals surface area contributed by atoms with Gasteiger partial charge in [-0.25, -0.2) is 0 Å². The summed E-state index contributed by atoms with van der Waals surface area (Å²) in [5, 5.41) is 4.97. The van der Waals surface area contributed by atoms with Crippen LogP contribution in [-0.2, 0) is 14.4 Å². The number of carbonyl (C=O) groups is 4. The first-order valence-electron chi connectivity index (χ1n) is 6.12. The monoisotopic (exact) mass is 319 g/mol. The van der Waals surface area contributed by atoms with Crippen molar-refractivity contribution < 1.29 is 19.2 Å². The summed E-state index contributed by atoms with van der Waals surface area (Å²) < 4.78 is 0. The van der Waals surface area contributed by atoms with Crippen molar-refractivity contribution in [2.75, 3.05) is 36.9 Å². The molecule has 1 aliphatic rings. The molecular formula is C11H17N3O4S2. The molecule has 1 heterocycles. The maximum Gasteiger partial charge on any atom is 0.288 e. The van der Waals surface area contributed by atoms with Crippen molar-refractivity contribution in [1.29, 1.82) is 0 Å². The number of hydrogen-bond donors (Lipinski definition) is 2. The Morgan fingerprint density at radius 1 is 1.25 bits per heavy atom. The van der Waals surface area contributed by atoms with E-state index in [9.17, 15) is 19.2 Å². The van der Waals surface area contributed by atoms with Gasteiger partial charge in [-0.15, -0.1) is 11.8 Å². The van der Waals surface area contributed by atoms with Gasteiger partial charge in [0.05, 0.1) is 17.3 Å². The molecule has 20 heavy (non-hydrogen) atoms. The van der Waals surface area contributed by atoms with E-state index >= 15 is 0 Å². The second kappa shape index (κ2) is 8.85. The van der Waals surface area contributed by atoms with E-state index in [2.05, 4.69) is 10.6 Å². The molecule has 0 aromatic heterocycles. The van der Waals surface area contributed by atoms with Gasteiger partial charge in [-0.05, 0) is 6.92 Å². The van der Waals surface area contributed by atoms with Gasteiger partial charge in [0.2, 0.25) is 17.7 Å². The minimum atomic E-state index is -0.269. The zero-order chi connectivity index (χ0) is 15.0. The van der Waals surface area contributed by atoms with Crippen LogP contribution in [-0.4, -0.2) is 64.8 Å². The fraction of sp³-hybridized carbons (Fsp3) is 0.636. The average Bonchev–Trinajstić information content (AvgIpc) is 2.70. The smallest absolute Gasteiger partial charge is 0.288 e. The number of rotatable bonds is 8. The Bertz CT molecular complexity index is 387. The van der Waals surface area contributed by atoms with Gasteiger partial charge in [-0.1, -0.05) is 11.8 Å². The Balaban J connectivity index is 2.10. The molecule has 112 valence electrons. The third-order valence-electron chi connectivity index (χ3n) is 2.34. The number of nitrogens with one attached hydrogen (secondary N) is 2. The van der Waals surface area contributed by atoms with Crippen molar-refractivity contribution in [2.24, 2.45) is 0 Å². The van der Waals surface area contributed by atoms with Crippen LogP contribution in [0, 0.1) is 0 Å². The molecule has 0 aromatic carbocycles. The van der Waals surface area contributed by atoms with E-state index in [1.165, 1.54) is 11.8 Å². The minimum absolute atomic E-state index is 0.101. The van der Waals surface area contributed by atoms with Crippen LogP contribution in [0.15, 0.2) is 0 Å². The lowest BCUT2D eigenvalue weighted by atomic mass is 10.5. The van der Waals surface area contributed by atoms with Gasteiger partial charge in [0, 0.05) is 19.6 Å². The Morgan fingerprint density at radius 3 is 2.45 bits per heavy atom. The van der Waals surface area contributed by atoms with Crippen molar-refractivity contribution >= 4 is 46.5 Å². The number of amides is 4. The third kappa shape index (κ3) is 5.83. The van der Waals surface area contributed by atoms with Crippen LogP contribution in [0.3, 0.4) is 0 Å². The van der Waals surface area contributed by atoms with Crippen LogP contribution < -0.4 is 10.6 Å². The largest absolute Gasteiger partial charge is 0.356 e. The van der Waals surface area contributed by atoms with Gasteiger partial charge >= 0.3 is 0 Å². The van der Waals surface area contributed by atoms with E-state index in [1.807, 2.05) is 6.92 Å². The van der Waals surface area contributed by atoms with Gasteiger partial charge in [0.15, 0.2) is 0 Å². The van der Waals surface area contributed by atoms with Crippen LogP contribution in [0.1, 0.15) is 6.92 Å². The topological polar surface area (TPSA) is 95.6 Å². The Kier molecular flexibility index (Phi) is 7.45. The number of carbonyl (C=O) groups excluding carboxylic acids is 4. The summed E-state index contributed by atoms with van der Waals surface area (Å²) in [5.41, 5.74) is 0. The first-order valence-corrected chi connectivity index (χ1v) is 8.27. The summed E-state index contributed by atoms with van der Waals surface area (Å²) in [7, 11) is 0.